The summed E-state index contributed by atoms with van der Waals surface area (Å²) >= 11 is 0. The average molecular weight is 576 g/mol. The van der Waals surface area contributed by atoms with Crippen molar-refractivity contribution in [1.29, 1.82) is 0 Å². The van der Waals surface area contributed by atoms with Crippen molar-refractivity contribution in [3.8, 4) is 5.75 Å². The first-order valence-corrected chi connectivity index (χ1v) is 13.4. The Balaban J connectivity index is 1.60. The van der Waals surface area contributed by atoms with Crippen molar-refractivity contribution in [2.75, 3.05) is 43.7 Å². The number of ketones is 2. The van der Waals surface area contributed by atoms with E-state index in [1.165, 1.54) is 0 Å². The van der Waals surface area contributed by atoms with Crippen LogP contribution in [0.15, 0.2) is 59.1 Å². The van der Waals surface area contributed by atoms with Gasteiger partial charge in [-0.15, -0.1) is 0 Å². The summed E-state index contributed by atoms with van der Waals surface area (Å²) in [6.45, 7) is 0. The van der Waals surface area contributed by atoms with Crippen LogP contribution >= 0.6 is 0 Å². The maximum Gasteiger partial charge on any atom is 0.323 e. The second-order valence-electron chi connectivity index (χ2n) is 11.3. The number of phenols is 1. The molecular formula is C30H33N5O7. The van der Waals surface area contributed by atoms with Gasteiger partial charge in [-0.3, -0.25) is 19.3 Å². The van der Waals surface area contributed by atoms with Crippen molar-refractivity contribution in [1.82, 2.24) is 4.90 Å². The van der Waals surface area contributed by atoms with E-state index in [-0.39, 0.29) is 29.7 Å². The quantitative estimate of drug-likeness (QED) is 0.230. The normalized spacial score (nSPS) is 23.3. The van der Waals surface area contributed by atoms with Gasteiger partial charge in [0.2, 0.25) is 0 Å². The van der Waals surface area contributed by atoms with Gasteiger partial charge in [-0.2, -0.15) is 0 Å². The van der Waals surface area contributed by atoms with Crippen molar-refractivity contribution in [2.45, 2.75) is 18.9 Å². The Hall–Kier alpha value is -4.84. The lowest BCUT2D eigenvalue weighted by atomic mass is 9.61. The second-order valence-corrected chi connectivity index (χ2v) is 11.3. The van der Waals surface area contributed by atoms with Gasteiger partial charge in [0.25, 0.3) is 5.91 Å². The molecule has 0 fully saturated rings. The Kier molecular flexibility index (Phi) is 7.19. The van der Waals surface area contributed by atoms with Crippen LogP contribution in [0, 0.1) is 17.8 Å². The van der Waals surface area contributed by atoms with E-state index < -0.39 is 70.1 Å². The summed E-state index contributed by atoms with van der Waals surface area (Å²) in [5.74, 6) is -6.53. The molecule has 0 aromatic heterocycles. The Morgan fingerprint density at radius 1 is 0.976 bits per heavy atom. The number of Topliss-reactive ketones (excluding diaryl/α,β-unsaturated/α-hetero) is 2. The molecule has 220 valence electrons. The number of allylic oxidation sites excluding steroid dienone is 2. The Morgan fingerprint density at radius 2 is 1.64 bits per heavy atom. The average Bonchev–Trinajstić information content (AvgIpc) is 2.89. The number of fused-ring (bicyclic) bond motifs is 3. The maximum atomic E-state index is 14.1. The number of rotatable bonds is 5. The molecule has 2 aromatic rings. The van der Waals surface area contributed by atoms with Gasteiger partial charge in [-0.25, -0.2) is 4.79 Å². The van der Waals surface area contributed by atoms with E-state index in [9.17, 15) is 34.5 Å². The third-order valence-electron chi connectivity index (χ3n) is 8.30. The third-order valence-corrected chi connectivity index (χ3v) is 8.30. The number of nitrogens with zero attached hydrogens (tertiary/aromatic N) is 2. The number of hydrogen-bond acceptors (Lipinski definition) is 9. The first-order chi connectivity index (χ1) is 19.8. The fraction of sp³-hybridized carbons (Fsp3) is 0.333. The predicted molar refractivity (Wildman–Crippen MR) is 156 cm³/mol. The van der Waals surface area contributed by atoms with E-state index in [1.807, 2.05) is 0 Å². The second kappa shape index (κ2) is 10.5. The minimum Gasteiger partial charge on any atom is -0.511 e. The Bertz CT molecular complexity index is 1580. The molecule has 0 radical (unpaired) electrons. The number of urea groups is 1. The van der Waals surface area contributed by atoms with Crippen molar-refractivity contribution in [2.24, 2.45) is 23.5 Å². The first-order valence-electron chi connectivity index (χ1n) is 13.4. The summed E-state index contributed by atoms with van der Waals surface area (Å²) in [6, 6.07) is 8.82. The number of aromatic hydroxyl groups is 1. The van der Waals surface area contributed by atoms with Gasteiger partial charge in [-0.1, -0.05) is 18.2 Å². The van der Waals surface area contributed by atoms with E-state index in [4.69, 9.17) is 5.73 Å². The molecule has 3 aliphatic rings. The topological polar surface area (TPSA) is 186 Å². The largest absolute Gasteiger partial charge is 0.511 e. The van der Waals surface area contributed by atoms with Crippen molar-refractivity contribution in [3.05, 3.63) is 70.2 Å². The van der Waals surface area contributed by atoms with E-state index >= 15 is 0 Å². The summed E-state index contributed by atoms with van der Waals surface area (Å²) in [4.78, 5) is 55.8. The molecule has 0 saturated heterocycles. The standard InChI is InChI=1S/C30H33N5O7/c1-34(2)18-12-17(33-30(42)32-14-8-6-5-7-9-14)24(36)20-15(18)10-13-11-16-21(26(38)19(13)25(20)37)27(39)22(29(31)41)28(40)23(16)35(3)4/h5-9,12-13,16,21,23,36,38,40H,10-11H2,1-4H3,(H2,31,41)(H2,32,33,42). The van der Waals surface area contributed by atoms with Crippen LogP contribution in [0.25, 0.3) is 0 Å². The monoisotopic (exact) mass is 575 g/mol. The van der Waals surface area contributed by atoms with Gasteiger partial charge >= 0.3 is 6.03 Å². The van der Waals surface area contributed by atoms with Gasteiger partial charge in [0.1, 0.15) is 17.1 Å². The van der Waals surface area contributed by atoms with Crippen LogP contribution in [-0.2, 0) is 16.0 Å². The lowest BCUT2D eigenvalue weighted by Gasteiger charge is -2.46. The van der Waals surface area contributed by atoms with Crippen LogP contribution in [0.2, 0.25) is 0 Å². The van der Waals surface area contributed by atoms with Gasteiger partial charge in [0, 0.05) is 31.0 Å². The maximum absolute atomic E-state index is 14.1. The fourth-order valence-electron chi connectivity index (χ4n) is 6.62. The molecule has 4 unspecified atom stereocenters. The number of nitrogens with one attached hydrogen (secondary N) is 2. The van der Waals surface area contributed by atoms with E-state index in [2.05, 4.69) is 10.6 Å². The number of likely N-dealkylation sites (N-methyl/N-ethyl adjacent to an activating group) is 1. The number of nitrogens with two attached hydrogens (primary N) is 1. The number of primary amides is 1. The molecule has 3 amide bonds. The smallest absolute Gasteiger partial charge is 0.323 e. The van der Waals surface area contributed by atoms with Gasteiger partial charge in [0.15, 0.2) is 17.3 Å². The van der Waals surface area contributed by atoms with Gasteiger partial charge in [0.05, 0.1) is 23.2 Å². The molecule has 42 heavy (non-hydrogen) atoms. The number of amides is 3. The van der Waals surface area contributed by atoms with Crippen LogP contribution in [0.4, 0.5) is 21.9 Å². The molecule has 12 nitrogen and oxygen atoms in total. The minimum absolute atomic E-state index is 0.0169. The number of aliphatic hydroxyl groups excluding tert-OH is 2. The predicted octanol–water partition coefficient (Wildman–Crippen LogP) is 2.72. The fourth-order valence-corrected chi connectivity index (χ4v) is 6.62. The SMILES string of the molecule is CN(C)c1cc(NC(=O)Nc2ccccc2)c(O)c2c1CC1CC3C(C(=O)C(C(N)=O)=C(O)C3N(C)C)C(O)=C1C2=O. The molecule has 4 atom stereocenters. The lowest BCUT2D eigenvalue weighted by Crippen LogP contribution is -2.53. The van der Waals surface area contributed by atoms with Crippen LogP contribution < -0.4 is 21.3 Å². The van der Waals surface area contributed by atoms with Crippen LogP contribution in [0.1, 0.15) is 22.3 Å². The number of phenolic OH excluding ortho intramolecular Hbond substituents is 1. The molecule has 2 aromatic carbocycles. The summed E-state index contributed by atoms with van der Waals surface area (Å²) in [5.41, 5.74) is 6.32. The minimum atomic E-state index is -1.28. The number of carbonyl (C=O) groups excluding carboxylic acids is 4. The molecule has 0 saturated carbocycles. The lowest BCUT2D eigenvalue weighted by molar-refractivity contribution is -0.127. The number of carbonyl (C=O) groups is 4. The van der Waals surface area contributed by atoms with Crippen LogP contribution in [0.3, 0.4) is 0 Å². The molecule has 12 heteroatoms. The zero-order valence-electron chi connectivity index (χ0n) is 23.6. The Morgan fingerprint density at radius 3 is 2.24 bits per heavy atom. The van der Waals surface area contributed by atoms with Gasteiger partial charge in [-0.05, 0) is 62.5 Å². The number of para-hydroxylation sites is 1. The molecule has 3 aliphatic carbocycles. The number of aliphatic hydroxyl groups is 2. The highest BCUT2D eigenvalue weighted by Gasteiger charge is 2.54. The molecular weight excluding hydrogens is 542 g/mol. The van der Waals surface area contributed by atoms with Crippen molar-refractivity contribution in [3.63, 3.8) is 0 Å². The number of benzene rings is 2. The first kappa shape index (κ1) is 28.7. The number of hydrogen-bond donors (Lipinski definition) is 6. The molecule has 0 heterocycles. The van der Waals surface area contributed by atoms with Gasteiger partial charge < -0.3 is 36.6 Å². The van der Waals surface area contributed by atoms with Crippen LogP contribution in [0.5, 0.6) is 5.75 Å². The summed E-state index contributed by atoms with van der Waals surface area (Å²) in [5, 5.41) is 38.9. The zero-order chi connectivity index (χ0) is 30.6. The molecule has 5 rings (SSSR count). The third kappa shape index (κ3) is 4.53. The molecule has 0 bridgehead atoms. The van der Waals surface area contributed by atoms with E-state index in [1.54, 1.807) is 74.4 Å². The molecule has 0 spiro atoms. The summed E-state index contributed by atoms with van der Waals surface area (Å²) < 4.78 is 0. The highest BCUT2D eigenvalue weighted by atomic mass is 16.3. The van der Waals surface area contributed by atoms with E-state index in [0.29, 0.717) is 16.9 Å². The highest BCUT2D eigenvalue weighted by Crippen LogP contribution is 2.52. The Labute approximate surface area is 242 Å². The summed E-state index contributed by atoms with van der Waals surface area (Å²) in [6.07, 6.45) is 0.482. The van der Waals surface area contributed by atoms with E-state index in [0.717, 1.165) is 0 Å². The van der Waals surface area contributed by atoms with Crippen molar-refractivity contribution >= 4 is 40.6 Å². The molecule has 0 aliphatic heterocycles. The number of anilines is 3. The summed E-state index contributed by atoms with van der Waals surface area (Å²) in [7, 11) is 6.88. The van der Waals surface area contributed by atoms with Crippen LogP contribution in [-0.4, -0.2) is 78.0 Å². The highest BCUT2D eigenvalue weighted by molar-refractivity contribution is 6.22. The zero-order valence-corrected chi connectivity index (χ0v) is 23.6. The van der Waals surface area contributed by atoms with Crippen molar-refractivity contribution < 1.29 is 34.5 Å². The molecule has 7 N–H and O–H groups in total.